The number of allylic oxidation sites excluding steroid dienone is 4. The van der Waals surface area contributed by atoms with E-state index in [-0.39, 0.29) is 11.1 Å². The van der Waals surface area contributed by atoms with Crippen molar-refractivity contribution in [3.63, 3.8) is 0 Å². The van der Waals surface area contributed by atoms with Gasteiger partial charge >= 0.3 is 11.8 Å². The Hall–Kier alpha value is -3.35. The molecule has 196 valence electrons. The Bertz CT molecular complexity index is 1290. The molecular weight excluding hydrogens is 493 g/mol. The van der Waals surface area contributed by atoms with Crippen LogP contribution >= 0.6 is 0 Å². The van der Waals surface area contributed by atoms with Crippen LogP contribution in [0.25, 0.3) is 11.1 Å². The third kappa shape index (κ3) is 6.14. The van der Waals surface area contributed by atoms with Crippen molar-refractivity contribution in [2.75, 3.05) is 0 Å². The molecule has 3 aromatic carbocycles. The molecule has 0 fully saturated rings. The Labute approximate surface area is 212 Å². The molecule has 0 aliphatic carbocycles. The third-order valence-electron chi connectivity index (χ3n) is 6.11. The third-order valence-corrected chi connectivity index (χ3v) is 6.11. The van der Waals surface area contributed by atoms with E-state index in [1.165, 1.54) is 12.1 Å². The van der Waals surface area contributed by atoms with Crippen LogP contribution in [0.2, 0.25) is 0 Å². The van der Waals surface area contributed by atoms with Crippen LogP contribution in [0.4, 0.5) is 30.7 Å². The van der Waals surface area contributed by atoms with E-state index >= 15 is 0 Å². The largest absolute Gasteiger partial charge is 0.342 e. The molecule has 0 aliphatic rings. The van der Waals surface area contributed by atoms with Gasteiger partial charge in [-0.2, -0.15) is 17.6 Å². The lowest BCUT2D eigenvalue weighted by Gasteiger charge is -2.28. The van der Waals surface area contributed by atoms with Crippen molar-refractivity contribution < 1.29 is 30.7 Å². The molecule has 7 heteroatoms. The van der Waals surface area contributed by atoms with Gasteiger partial charge in [0, 0.05) is 0 Å². The molecule has 0 bridgehead atoms. The molecular formula is C30H27F7. The van der Waals surface area contributed by atoms with Gasteiger partial charge in [0.15, 0.2) is 0 Å². The van der Waals surface area contributed by atoms with Gasteiger partial charge in [0.25, 0.3) is 0 Å². The fourth-order valence-electron chi connectivity index (χ4n) is 4.01. The van der Waals surface area contributed by atoms with Gasteiger partial charge in [-0.25, -0.2) is 13.2 Å². The van der Waals surface area contributed by atoms with Gasteiger partial charge in [-0.05, 0) is 92.1 Å². The van der Waals surface area contributed by atoms with Crippen LogP contribution in [0.5, 0.6) is 0 Å². The monoisotopic (exact) mass is 520 g/mol. The van der Waals surface area contributed by atoms with E-state index in [0.717, 1.165) is 24.3 Å². The van der Waals surface area contributed by atoms with Gasteiger partial charge < -0.3 is 0 Å². The highest BCUT2D eigenvalue weighted by atomic mass is 19.3. The number of hydrogen-bond acceptors (Lipinski definition) is 0. The van der Waals surface area contributed by atoms with Gasteiger partial charge in [0.2, 0.25) is 0 Å². The SMILES string of the molecule is C/C=C/CCc1ccc(C(F)(F)C(F)(F)c2ccc(-c3ccc(CC/C=C/C)c(F)c3)cc2F)c(F)c1. The summed E-state index contributed by atoms with van der Waals surface area (Å²) in [5, 5.41) is 0. The molecule has 0 atom stereocenters. The summed E-state index contributed by atoms with van der Waals surface area (Å²) in [6, 6.07) is 8.89. The zero-order valence-corrected chi connectivity index (χ0v) is 20.5. The van der Waals surface area contributed by atoms with Gasteiger partial charge in [0.05, 0.1) is 11.1 Å². The molecule has 0 unspecified atom stereocenters. The minimum Gasteiger partial charge on any atom is -0.207 e. The Kier molecular flexibility index (Phi) is 9.00. The molecule has 3 aromatic rings. The molecule has 3 rings (SSSR count). The zero-order chi connectivity index (χ0) is 27.2. The Morgan fingerprint density at radius 2 is 1.08 bits per heavy atom. The minimum atomic E-state index is -5.05. The van der Waals surface area contributed by atoms with E-state index in [9.17, 15) is 30.7 Å². The summed E-state index contributed by atoms with van der Waals surface area (Å²) in [6.07, 6.45) is 9.23. The van der Waals surface area contributed by atoms with Crippen LogP contribution in [0.3, 0.4) is 0 Å². The Morgan fingerprint density at radius 1 is 0.595 bits per heavy atom. The van der Waals surface area contributed by atoms with E-state index in [0.29, 0.717) is 55.0 Å². The fraction of sp³-hybridized carbons (Fsp3) is 0.267. The van der Waals surface area contributed by atoms with Crippen molar-refractivity contribution in [2.45, 2.75) is 51.4 Å². The molecule has 0 radical (unpaired) electrons. The van der Waals surface area contributed by atoms with E-state index < -0.39 is 40.4 Å². The number of aryl methyl sites for hydroxylation is 2. The van der Waals surface area contributed by atoms with Crippen molar-refractivity contribution in [1.29, 1.82) is 0 Å². The average molecular weight is 521 g/mol. The summed E-state index contributed by atoms with van der Waals surface area (Å²) in [5.41, 5.74) is -2.06. The van der Waals surface area contributed by atoms with E-state index in [4.69, 9.17) is 0 Å². The second-order valence-corrected chi connectivity index (χ2v) is 8.68. The molecule has 0 saturated carbocycles. The first kappa shape index (κ1) is 28.2. The van der Waals surface area contributed by atoms with Crippen LogP contribution in [0, 0.1) is 17.5 Å². The molecule has 0 saturated heterocycles. The quantitative estimate of drug-likeness (QED) is 0.184. The Morgan fingerprint density at radius 3 is 1.59 bits per heavy atom. The summed E-state index contributed by atoms with van der Waals surface area (Å²) in [4.78, 5) is 0. The first-order valence-electron chi connectivity index (χ1n) is 11.9. The molecule has 0 spiro atoms. The van der Waals surface area contributed by atoms with Crippen molar-refractivity contribution in [1.82, 2.24) is 0 Å². The van der Waals surface area contributed by atoms with Gasteiger partial charge in [-0.3, -0.25) is 0 Å². The molecule has 37 heavy (non-hydrogen) atoms. The summed E-state index contributed by atoms with van der Waals surface area (Å²) < 4.78 is 104. The first-order valence-corrected chi connectivity index (χ1v) is 11.9. The fourth-order valence-corrected chi connectivity index (χ4v) is 4.01. The number of rotatable bonds is 10. The van der Waals surface area contributed by atoms with Crippen LogP contribution in [0.15, 0.2) is 78.9 Å². The maximum Gasteiger partial charge on any atom is 0.342 e. The van der Waals surface area contributed by atoms with Crippen LogP contribution in [-0.4, -0.2) is 0 Å². The van der Waals surface area contributed by atoms with Gasteiger partial charge in [-0.1, -0.05) is 48.6 Å². The molecule has 0 aliphatic heterocycles. The molecule has 0 amide bonds. The van der Waals surface area contributed by atoms with E-state index in [2.05, 4.69) is 0 Å². The minimum absolute atomic E-state index is 0.0379. The predicted molar refractivity (Wildman–Crippen MR) is 132 cm³/mol. The second-order valence-electron chi connectivity index (χ2n) is 8.68. The topological polar surface area (TPSA) is 0 Å². The number of hydrogen-bond donors (Lipinski definition) is 0. The number of halogens is 7. The van der Waals surface area contributed by atoms with Crippen LogP contribution < -0.4 is 0 Å². The van der Waals surface area contributed by atoms with Crippen molar-refractivity contribution >= 4 is 0 Å². The predicted octanol–water partition coefficient (Wildman–Crippen LogP) is 9.67. The lowest BCUT2D eigenvalue weighted by atomic mass is 9.92. The van der Waals surface area contributed by atoms with E-state index in [1.54, 1.807) is 19.1 Å². The maximum absolute atomic E-state index is 15.0. The highest BCUT2D eigenvalue weighted by Gasteiger charge is 2.60. The summed E-state index contributed by atoms with van der Waals surface area (Å²) in [5.74, 6) is -13.7. The second kappa shape index (κ2) is 11.8. The summed E-state index contributed by atoms with van der Waals surface area (Å²) in [7, 11) is 0. The Balaban J connectivity index is 1.89. The average Bonchev–Trinajstić information content (AvgIpc) is 2.85. The van der Waals surface area contributed by atoms with E-state index in [1.807, 2.05) is 19.1 Å². The van der Waals surface area contributed by atoms with Crippen LogP contribution in [0.1, 0.15) is 48.9 Å². The lowest BCUT2D eigenvalue weighted by Crippen LogP contribution is -2.37. The molecule has 0 nitrogen and oxygen atoms in total. The highest BCUT2D eigenvalue weighted by Crippen LogP contribution is 2.51. The van der Waals surface area contributed by atoms with Crippen molar-refractivity contribution in [3.8, 4) is 11.1 Å². The standard InChI is InChI=1S/C30H27F7/c1-3-5-7-9-20-11-15-24(27(32)17-20)29(34,35)30(36,37)25-16-14-23(19-28(25)33)22-13-12-21(26(31)18-22)10-8-6-4-2/h3-6,11-19H,7-10H2,1-2H3/b5-3+,6-4+. The van der Waals surface area contributed by atoms with Crippen LogP contribution in [-0.2, 0) is 24.7 Å². The first-order chi connectivity index (χ1) is 17.5. The summed E-state index contributed by atoms with van der Waals surface area (Å²) in [6.45, 7) is 3.64. The lowest BCUT2D eigenvalue weighted by molar-refractivity contribution is -0.226. The zero-order valence-electron chi connectivity index (χ0n) is 20.5. The molecule has 0 heterocycles. The molecule has 0 N–H and O–H groups in total. The number of benzene rings is 3. The normalized spacial score (nSPS) is 12.7. The highest BCUT2D eigenvalue weighted by molar-refractivity contribution is 5.64. The van der Waals surface area contributed by atoms with Crippen molar-refractivity contribution in [3.05, 3.63) is 119 Å². The van der Waals surface area contributed by atoms with Crippen molar-refractivity contribution in [2.24, 2.45) is 0 Å². The summed E-state index contributed by atoms with van der Waals surface area (Å²) >= 11 is 0. The van der Waals surface area contributed by atoms with Gasteiger partial charge in [0.1, 0.15) is 17.5 Å². The van der Waals surface area contributed by atoms with Gasteiger partial charge in [-0.15, -0.1) is 0 Å². The number of alkyl halides is 4. The maximum atomic E-state index is 15.0. The smallest absolute Gasteiger partial charge is 0.207 e. The molecule has 0 aromatic heterocycles.